The fraction of sp³-hybridized carbons (Fsp3) is 0.444. The molecule has 1 aliphatic rings. The van der Waals surface area contributed by atoms with Gasteiger partial charge in [0.25, 0.3) is 5.91 Å². The first-order valence-electron chi connectivity index (χ1n) is 16.6. The predicted octanol–water partition coefficient (Wildman–Crippen LogP) is 6.57. The molecule has 292 valence electrons. The summed E-state index contributed by atoms with van der Waals surface area (Å²) in [6, 6.07) is 14.5. The van der Waals surface area contributed by atoms with Crippen molar-refractivity contribution in [1.29, 1.82) is 0 Å². The number of hydrogen-bond donors (Lipinski definition) is 2. The minimum atomic E-state index is -4.51. The largest absolute Gasteiger partial charge is 0.489 e. The molecule has 53 heavy (non-hydrogen) atoms. The Morgan fingerprint density at radius 3 is 2.15 bits per heavy atom. The van der Waals surface area contributed by atoms with Gasteiger partial charge in [-0.15, -0.1) is 12.4 Å². The molecule has 1 heterocycles. The van der Waals surface area contributed by atoms with Crippen molar-refractivity contribution in [2.24, 2.45) is 11.7 Å². The molecule has 10 nitrogen and oxygen atoms in total. The van der Waals surface area contributed by atoms with Gasteiger partial charge in [0, 0.05) is 24.1 Å². The molecule has 0 bridgehead atoms. The van der Waals surface area contributed by atoms with E-state index in [0.29, 0.717) is 11.3 Å². The number of hydrogen-bond acceptors (Lipinski definition) is 9. The van der Waals surface area contributed by atoms with Crippen LogP contribution in [0.25, 0.3) is 0 Å². The number of benzene rings is 3. The molecule has 0 spiro atoms. The summed E-state index contributed by atoms with van der Waals surface area (Å²) in [7, 11) is -3.47. The molecule has 0 aromatic heterocycles. The standard InChI is InChI=1S/C36H42F5N3O7S.ClH/c1-4-52(47,48)30-15-7-23(8-16-30)31(17-18-49-34(46)32(42)22(2)3)43-33(45)24-5-11-26(12-6-24)44-20-29(19-27(44)21-50-35(37)38)51-28-13-9-25(10-14-28)36(39,40)41;/h5-16,22,27,29,31-32,35H,4,17-21,42H2,1-3H3,(H,43,45);1H/t27-,29-,31?,32?;/m0./s1. The quantitative estimate of drug-likeness (QED) is 0.122. The minimum absolute atomic E-state index is 0. The van der Waals surface area contributed by atoms with Crippen molar-refractivity contribution in [3.8, 4) is 5.75 Å². The molecule has 2 unspecified atom stereocenters. The van der Waals surface area contributed by atoms with Gasteiger partial charge in [-0.3, -0.25) is 9.59 Å². The smallest absolute Gasteiger partial charge is 0.416 e. The highest BCUT2D eigenvalue weighted by molar-refractivity contribution is 7.91. The Balaban J connectivity index is 0.00000756. The Bertz CT molecular complexity index is 1750. The maximum Gasteiger partial charge on any atom is 0.416 e. The summed E-state index contributed by atoms with van der Waals surface area (Å²) in [6.07, 6.45) is -4.68. The Kier molecular flexibility index (Phi) is 15.4. The molecule has 0 saturated carbocycles. The van der Waals surface area contributed by atoms with Crippen molar-refractivity contribution in [3.05, 3.63) is 89.5 Å². The van der Waals surface area contributed by atoms with E-state index in [0.717, 1.165) is 12.1 Å². The van der Waals surface area contributed by atoms with Crippen LogP contribution in [0.15, 0.2) is 77.7 Å². The van der Waals surface area contributed by atoms with E-state index in [2.05, 4.69) is 10.1 Å². The van der Waals surface area contributed by atoms with Gasteiger partial charge in [-0.25, -0.2) is 8.42 Å². The summed E-state index contributed by atoms with van der Waals surface area (Å²) < 4.78 is 105. The van der Waals surface area contributed by atoms with Crippen LogP contribution < -0.4 is 20.7 Å². The average molecular weight is 792 g/mol. The van der Waals surface area contributed by atoms with Gasteiger partial charge >= 0.3 is 18.8 Å². The minimum Gasteiger partial charge on any atom is -0.489 e. The molecular formula is C36H43ClF5N3O7S. The molecule has 0 aliphatic carbocycles. The van der Waals surface area contributed by atoms with E-state index in [-0.39, 0.29) is 72.9 Å². The first kappa shape index (κ1) is 43.4. The number of halogens is 6. The number of carbonyl (C=O) groups is 2. The number of esters is 1. The van der Waals surface area contributed by atoms with Crippen molar-refractivity contribution >= 4 is 39.8 Å². The number of amides is 1. The molecule has 1 amide bonds. The summed E-state index contributed by atoms with van der Waals surface area (Å²) in [5.74, 6) is -1.13. The van der Waals surface area contributed by atoms with E-state index in [1.165, 1.54) is 43.3 Å². The molecule has 1 saturated heterocycles. The second kappa shape index (κ2) is 18.9. The second-order valence-electron chi connectivity index (χ2n) is 12.7. The van der Waals surface area contributed by atoms with Gasteiger partial charge in [0.2, 0.25) is 0 Å². The van der Waals surface area contributed by atoms with Crippen molar-refractivity contribution in [2.75, 3.05) is 30.4 Å². The summed E-state index contributed by atoms with van der Waals surface area (Å²) >= 11 is 0. The Morgan fingerprint density at radius 2 is 1.60 bits per heavy atom. The summed E-state index contributed by atoms with van der Waals surface area (Å²) in [4.78, 5) is 27.7. The van der Waals surface area contributed by atoms with E-state index in [4.69, 9.17) is 15.2 Å². The van der Waals surface area contributed by atoms with Crippen LogP contribution in [0.3, 0.4) is 0 Å². The van der Waals surface area contributed by atoms with Crippen molar-refractivity contribution in [2.45, 2.75) is 75.5 Å². The van der Waals surface area contributed by atoms with E-state index in [1.807, 2.05) is 0 Å². The van der Waals surface area contributed by atoms with Gasteiger partial charge in [-0.05, 0) is 72.1 Å². The third-order valence-corrected chi connectivity index (χ3v) is 10.5. The highest BCUT2D eigenvalue weighted by Crippen LogP contribution is 2.33. The molecule has 3 aromatic carbocycles. The van der Waals surface area contributed by atoms with E-state index >= 15 is 0 Å². The molecule has 1 aliphatic heterocycles. The average Bonchev–Trinajstić information content (AvgIpc) is 3.52. The van der Waals surface area contributed by atoms with Gasteiger partial charge in [0.15, 0.2) is 9.84 Å². The SMILES string of the molecule is CCS(=O)(=O)c1ccc(C(CCOC(=O)C(N)C(C)C)NC(=O)c2ccc(N3C[C@@H](Oc4ccc(C(F)(F)F)cc4)C[C@H]3COC(F)F)cc2)cc1.Cl. The van der Waals surface area contributed by atoms with Crippen LogP contribution in [0, 0.1) is 5.92 Å². The summed E-state index contributed by atoms with van der Waals surface area (Å²) in [5, 5.41) is 2.91. The van der Waals surface area contributed by atoms with Crippen molar-refractivity contribution in [1.82, 2.24) is 5.32 Å². The number of nitrogens with two attached hydrogens (primary N) is 1. The Morgan fingerprint density at radius 1 is 0.981 bits per heavy atom. The fourth-order valence-corrected chi connectivity index (χ4v) is 6.50. The zero-order valence-electron chi connectivity index (χ0n) is 29.2. The fourth-order valence-electron chi connectivity index (χ4n) is 5.62. The lowest BCUT2D eigenvalue weighted by Gasteiger charge is -2.26. The molecule has 4 rings (SSSR count). The number of sulfone groups is 1. The second-order valence-corrected chi connectivity index (χ2v) is 14.9. The number of carbonyl (C=O) groups excluding carboxylic acids is 2. The molecule has 4 atom stereocenters. The van der Waals surface area contributed by atoms with Gasteiger partial charge in [-0.2, -0.15) is 22.0 Å². The molecule has 17 heteroatoms. The van der Waals surface area contributed by atoms with E-state index in [9.17, 15) is 40.0 Å². The van der Waals surface area contributed by atoms with Crippen LogP contribution in [0.2, 0.25) is 0 Å². The van der Waals surface area contributed by atoms with Crippen LogP contribution in [0.1, 0.15) is 61.1 Å². The van der Waals surface area contributed by atoms with Crippen LogP contribution in [0.5, 0.6) is 5.75 Å². The molecule has 1 fully saturated rings. The van der Waals surface area contributed by atoms with E-state index in [1.54, 1.807) is 43.0 Å². The highest BCUT2D eigenvalue weighted by Gasteiger charge is 2.35. The highest BCUT2D eigenvalue weighted by atomic mass is 35.5. The number of nitrogens with zero attached hydrogens (tertiary/aromatic N) is 1. The van der Waals surface area contributed by atoms with Gasteiger partial charge in [0.1, 0.15) is 17.9 Å². The number of alkyl halides is 5. The molecular weight excluding hydrogens is 749 g/mol. The van der Waals surface area contributed by atoms with Gasteiger partial charge < -0.3 is 30.2 Å². The maximum atomic E-state index is 13.5. The first-order chi connectivity index (χ1) is 24.5. The number of nitrogens with one attached hydrogen (secondary N) is 1. The van der Waals surface area contributed by atoms with Crippen LogP contribution >= 0.6 is 12.4 Å². The van der Waals surface area contributed by atoms with Crippen LogP contribution in [-0.4, -0.2) is 70.6 Å². The summed E-state index contributed by atoms with van der Waals surface area (Å²) in [6.45, 7) is 1.85. The molecule has 0 radical (unpaired) electrons. The zero-order chi connectivity index (χ0) is 38.2. The monoisotopic (exact) mass is 791 g/mol. The number of rotatable bonds is 16. The maximum absolute atomic E-state index is 13.5. The Labute approximate surface area is 311 Å². The zero-order valence-corrected chi connectivity index (χ0v) is 30.9. The normalized spacial score (nSPS) is 17.3. The lowest BCUT2D eigenvalue weighted by Crippen LogP contribution is -2.37. The van der Waals surface area contributed by atoms with Crippen molar-refractivity contribution < 1.29 is 54.2 Å². The molecule has 3 N–H and O–H groups in total. The van der Waals surface area contributed by atoms with Crippen LogP contribution in [-0.2, 0) is 30.3 Å². The third-order valence-electron chi connectivity index (χ3n) is 8.70. The van der Waals surface area contributed by atoms with Gasteiger partial charge in [-0.1, -0.05) is 32.9 Å². The number of ether oxygens (including phenoxy) is 3. The van der Waals surface area contributed by atoms with Gasteiger partial charge in [0.05, 0.1) is 48.1 Å². The Hall–Kier alpha value is -3.99. The first-order valence-corrected chi connectivity index (χ1v) is 18.3. The summed E-state index contributed by atoms with van der Waals surface area (Å²) in [5.41, 5.74) is 6.44. The van der Waals surface area contributed by atoms with Crippen LogP contribution in [0.4, 0.5) is 27.6 Å². The van der Waals surface area contributed by atoms with Crippen molar-refractivity contribution in [3.63, 3.8) is 0 Å². The number of anilines is 1. The lowest BCUT2D eigenvalue weighted by molar-refractivity contribution is -0.146. The predicted molar refractivity (Wildman–Crippen MR) is 190 cm³/mol. The topological polar surface area (TPSA) is 137 Å². The molecule has 3 aromatic rings. The lowest BCUT2D eigenvalue weighted by atomic mass is 10.0. The van der Waals surface area contributed by atoms with E-state index < -0.39 is 64.3 Å². The third kappa shape index (κ3) is 12.0.